The molecular weight excluding hydrogens is 404 g/mol. The number of carbonyl (C=O) groups is 1. The molecule has 0 bridgehead atoms. The van der Waals surface area contributed by atoms with E-state index in [2.05, 4.69) is 26.2 Å². The van der Waals surface area contributed by atoms with Crippen LogP contribution in [0.5, 0.6) is 0 Å². The number of benzene rings is 2. The summed E-state index contributed by atoms with van der Waals surface area (Å²) in [5.74, 6) is -0.450. The Bertz CT molecular complexity index is 960. The molecule has 1 aromatic heterocycles. The molecule has 0 aliphatic carbocycles. The molecule has 1 heterocycles. The Morgan fingerprint density at radius 1 is 1.24 bits per heavy atom. The number of aryl methyl sites for hydroxylation is 1. The number of aromatic nitrogens is 1. The van der Waals surface area contributed by atoms with Gasteiger partial charge in [0.1, 0.15) is 0 Å². The van der Waals surface area contributed by atoms with Gasteiger partial charge >= 0.3 is 5.97 Å². The predicted octanol–water partition coefficient (Wildman–Crippen LogP) is 5.88. The summed E-state index contributed by atoms with van der Waals surface area (Å²) in [6.07, 6.45) is 0. The second-order valence-electron chi connectivity index (χ2n) is 5.53. The lowest BCUT2D eigenvalue weighted by Gasteiger charge is -2.13. The number of esters is 1. The summed E-state index contributed by atoms with van der Waals surface area (Å²) in [5.41, 5.74) is 3.69. The molecule has 3 aromatic rings. The van der Waals surface area contributed by atoms with Crippen molar-refractivity contribution in [1.82, 2.24) is 4.98 Å². The van der Waals surface area contributed by atoms with Gasteiger partial charge in [0.05, 0.1) is 17.8 Å². The van der Waals surface area contributed by atoms with Crippen LogP contribution in [-0.4, -0.2) is 17.6 Å². The number of pyridine rings is 1. The molecule has 4 nitrogen and oxygen atoms in total. The number of anilines is 2. The summed E-state index contributed by atoms with van der Waals surface area (Å²) in [7, 11) is 0. The first-order chi connectivity index (χ1) is 12.0. The molecule has 0 atom stereocenters. The van der Waals surface area contributed by atoms with Crippen molar-refractivity contribution >= 4 is 55.8 Å². The number of rotatable bonds is 4. The van der Waals surface area contributed by atoms with Crippen molar-refractivity contribution < 1.29 is 9.53 Å². The van der Waals surface area contributed by atoms with Gasteiger partial charge in [0.15, 0.2) is 5.69 Å². The summed E-state index contributed by atoms with van der Waals surface area (Å²) >= 11 is 9.63. The third-order valence-electron chi connectivity index (χ3n) is 3.69. The number of hydrogen-bond acceptors (Lipinski definition) is 4. The minimum absolute atomic E-state index is 0.257. The van der Waals surface area contributed by atoms with Crippen LogP contribution in [0, 0.1) is 6.92 Å². The highest BCUT2D eigenvalue weighted by atomic mass is 79.9. The standard InChI is InChI=1S/C19H16BrClN2O2/c1-3-25-19(24)18-10-17(14-9-12(21)4-7-16(14)23-18)22-13-5-6-15(20)11(2)8-13/h4-10H,3H2,1-2H3,(H,22,23). The van der Waals surface area contributed by atoms with E-state index >= 15 is 0 Å². The molecule has 0 saturated carbocycles. The van der Waals surface area contributed by atoms with Crippen molar-refractivity contribution in [3.63, 3.8) is 0 Å². The minimum Gasteiger partial charge on any atom is -0.461 e. The quantitative estimate of drug-likeness (QED) is 0.537. The van der Waals surface area contributed by atoms with Crippen LogP contribution in [0.25, 0.3) is 10.9 Å². The van der Waals surface area contributed by atoms with Crippen LogP contribution >= 0.6 is 27.5 Å². The van der Waals surface area contributed by atoms with Crippen LogP contribution in [-0.2, 0) is 4.74 Å². The topological polar surface area (TPSA) is 51.2 Å². The Labute approximate surface area is 159 Å². The molecule has 2 aromatic carbocycles. The number of halogens is 2. The highest BCUT2D eigenvalue weighted by molar-refractivity contribution is 9.10. The van der Waals surface area contributed by atoms with Gasteiger partial charge in [-0.25, -0.2) is 9.78 Å². The normalized spacial score (nSPS) is 10.7. The fraction of sp³-hybridized carbons (Fsp3) is 0.158. The lowest BCUT2D eigenvalue weighted by molar-refractivity contribution is 0.0520. The zero-order chi connectivity index (χ0) is 18.0. The molecule has 128 valence electrons. The largest absolute Gasteiger partial charge is 0.461 e. The Hall–Kier alpha value is -2.11. The van der Waals surface area contributed by atoms with E-state index in [-0.39, 0.29) is 5.69 Å². The second kappa shape index (κ2) is 7.42. The monoisotopic (exact) mass is 418 g/mol. The van der Waals surface area contributed by atoms with Gasteiger partial charge in [-0.3, -0.25) is 0 Å². The van der Waals surface area contributed by atoms with Crippen LogP contribution in [0.3, 0.4) is 0 Å². The summed E-state index contributed by atoms with van der Waals surface area (Å²) in [4.78, 5) is 16.5. The van der Waals surface area contributed by atoms with Crippen LogP contribution in [0.2, 0.25) is 5.02 Å². The second-order valence-corrected chi connectivity index (χ2v) is 6.82. The molecule has 0 aliphatic rings. The Kier molecular flexibility index (Phi) is 5.25. The fourth-order valence-electron chi connectivity index (χ4n) is 2.49. The van der Waals surface area contributed by atoms with Gasteiger partial charge in [-0.05, 0) is 61.9 Å². The molecule has 0 amide bonds. The third-order valence-corrected chi connectivity index (χ3v) is 4.82. The number of nitrogens with one attached hydrogen (secondary N) is 1. The summed E-state index contributed by atoms with van der Waals surface area (Å²) < 4.78 is 6.11. The molecule has 3 rings (SSSR count). The number of hydrogen-bond donors (Lipinski definition) is 1. The smallest absolute Gasteiger partial charge is 0.357 e. The van der Waals surface area contributed by atoms with E-state index in [0.29, 0.717) is 17.1 Å². The Balaban J connectivity index is 2.11. The first-order valence-electron chi connectivity index (χ1n) is 7.78. The van der Waals surface area contributed by atoms with E-state index in [0.717, 1.165) is 26.8 Å². The first-order valence-corrected chi connectivity index (χ1v) is 8.95. The summed E-state index contributed by atoms with van der Waals surface area (Å²) in [6.45, 7) is 4.08. The molecule has 6 heteroatoms. The highest BCUT2D eigenvalue weighted by Crippen LogP contribution is 2.30. The number of carbonyl (C=O) groups excluding carboxylic acids is 1. The fourth-order valence-corrected chi connectivity index (χ4v) is 2.91. The average molecular weight is 420 g/mol. The van der Waals surface area contributed by atoms with E-state index in [1.165, 1.54) is 0 Å². The van der Waals surface area contributed by atoms with Crippen molar-refractivity contribution in [2.45, 2.75) is 13.8 Å². The van der Waals surface area contributed by atoms with Gasteiger partial charge in [0, 0.05) is 20.6 Å². The van der Waals surface area contributed by atoms with Crippen molar-refractivity contribution in [3.8, 4) is 0 Å². The molecule has 0 unspecified atom stereocenters. The molecule has 25 heavy (non-hydrogen) atoms. The van der Waals surface area contributed by atoms with E-state index in [1.54, 1.807) is 25.1 Å². The molecular formula is C19H16BrClN2O2. The van der Waals surface area contributed by atoms with Gasteiger partial charge in [0.2, 0.25) is 0 Å². The van der Waals surface area contributed by atoms with Crippen LogP contribution in [0.4, 0.5) is 11.4 Å². The van der Waals surface area contributed by atoms with Crippen molar-refractivity contribution in [1.29, 1.82) is 0 Å². The maximum absolute atomic E-state index is 12.1. The van der Waals surface area contributed by atoms with Gasteiger partial charge in [-0.1, -0.05) is 27.5 Å². The SMILES string of the molecule is CCOC(=O)c1cc(Nc2ccc(Br)c(C)c2)c2cc(Cl)ccc2n1. The maximum atomic E-state index is 12.1. The van der Waals surface area contributed by atoms with E-state index in [4.69, 9.17) is 16.3 Å². The maximum Gasteiger partial charge on any atom is 0.357 e. The minimum atomic E-state index is -0.450. The molecule has 0 fully saturated rings. The number of nitrogens with zero attached hydrogens (tertiary/aromatic N) is 1. The number of fused-ring (bicyclic) bond motifs is 1. The van der Waals surface area contributed by atoms with Gasteiger partial charge < -0.3 is 10.1 Å². The Morgan fingerprint density at radius 2 is 2.04 bits per heavy atom. The lowest BCUT2D eigenvalue weighted by atomic mass is 10.1. The zero-order valence-corrected chi connectivity index (χ0v) is 16.1. The third kappa shape index (κ3) is 3.94. The van der Waals surface area contributed by atoms with Gasteiger partial charge in [0.25, 0.3) is 0 Å². The Morgan fingerprint density at radius 3 is 2.76 bits per heavy atom. The van der Waals surface area contributed by atoms with Crippen LogP contribution in [0.15, 0.2) is 46.9 Å². The van der Waals surface area contributed by atoms with Crippen LogP contribution < -0.4 is 5.32 Å². The molecule has 0 radical (unpaired) electrons. The van der Waals surface area contributed by atoms with E-state index < -0.39 is 5.97 Å². The lowest BCUT2D eigenvalue weighted by Crippen LogP contribution is -2.08. The van der Waals surface area contributed by atoms with Gasteiger partial charge in [-0.15, -0.1) is 0 Å². The first kappa shape index (κ1) is 17.7. The van der Waals surface area contributed by atoms with Crippen molar-refractivity contribution in [3.05, 3.63) is 63.2 Å². The van der Waals surface area contributed by atoms with E-state index in [9.17, 15) is 4.79 Å². The molecule has 0 saturated heterocycles. The zero-order valence-electron chi connectivity index (χ0n) is 13.8. The number of ether oxygens (including phenoxy) is 1. The average Bonchev–Trinajstić information content (AvgIpc) is 2.58. The van der Waals surface area contributed by atoms with E-state index in [1.807, 2.05) is 31.2 Å². The summed E-state index contributed by atoms with van der Waals surface area (Å²) in [5, 5.41) is 4.79. The highest BCUT2D eigenvalue weighted by Gasteiger charge is 2.14. The molecule has 0 spiro atoms. The van der Waals surface area contributed by atoms with Crippen molar-refractivity contribution in [2.24, 2.45) is 0 Å². The van der Waals surface area contributed by atoms with Crippen LogP contribution in [0.1, 0.15) is 23.0 Å². The predicted molar refractivity (Wildman–Crippen MR) is 105 cm³/mol. The van der Waals surface area contributed by atoms with Gasteiger partial charge in [-0.2, -0.15) is 0 Å². The van der Waals surface area contributed by atoms with Crippen molar-refractivity contribution in [2.75, 3.05) is 11.9 Å². The summed E-state index contributed by atoms with van der Waals surface area (Å²) in [6, 6.07) is 13.0. The molecule has 0 aliphatic heterocycles. The molecule has 1 N–H and O–H groups in total.